The molecule has 0 aliphatic carbocycles. The monoisotopic (exact) mass is 343 g/mol. The van der Waals surface area contributed by atoms with E-state index in [0.29, 0.717) is 5.92 Å². The van der Waals surface area contributed by atoms with Crippen molar-refractivity contribution in [2.75, 3.05) is 31.1 Å². The summed E-state index contributed by atoms with van der Waals surface area (Å²) in [6.45, 7) is 9.64. The van der Waals surface area contributed by atoms with Crippen molar-refractivity contribution in [2.45, 2.75) is 27.2 Å². The lowest BCUT2D eigenvalue weighted by Crippen LogP contribution is -2.48. The molecular formula is C19H25N3OS. The number of amides is 1. The van der Waals surface area contributed by atoms with Gasteiger partial charge in [-0.05, 0) is 37.0 Å². The van der Waals surface area contributed by atoms with Crippen molar-refractivity contribution in [3.63, 3.8) is 0 Å². The van der Waals surface area contributed by atoms with Gasteiger partial charge in [-0.2, -0.15) is 0 Å². The molecule has 1 aliphatic rings. The second kappa shape index (κ2) is 7.34. The highest BCUT2D eigenvalue weighted by molar-refractivity contribution is 7.13. The van der Waals surface area contributed by atoms with Gasteiger partial charge in [-0.1, -0.05) is 26.0 Å². The Morgan fingerprint density at radius 2 is 2.00 bits per heavy atom. The molecule has 2 heterocycles. The number of rotatable bonds is 4. The maximum Gasteiger partial charge on any atom is 0.253 e. The fourth-order valence-corrected chi connectivity index (χ4v) is 3.93. The number of nitrogens with zero attached hydrogens (tertiary/aromatic N) is 3. The number of aryl methyl sites for hydroxylation is 1. The number of hydrogen-bond acceptors (Lipinski definition) is 4. The Morgan fingerprint density at radius 1 is 1.25 bits per heavy atom. The van der Waals surface area contributed by atoms with Gasteiger partial charge in [0.05, 0.1) is 5.69 Å². The fourth-order valence-electron chi connectivity index (χ4n) is 3.07. The molecule has 1 aromatic heterocycles. The van der Waals surface area contributed by atoms with Gasteiger partial charge in [0.2, 0.25) is 0 Å². The lowest BCUT2D eigenvalue weighted by molar-refractivity contribution is 0.0746. The Morgan fingerprint density at radius 3 is 2.62 bits per heavy atom. The fraction of sp³-hybridized carbons (Fsp3) is 0.474. The molecule has 1 fully saturated rings. The van der Waals surface area contributed by atoms with Crippen LogP contribution in [0.3, 0.4) is 0 Å². The van der Waals surface area contributed by atoms with Crippen molar-refractivity contribution in [3.8, 4) is 0 Å². The number of anilines is 1. The van der Waals surface area contributed by atoms with E-state index in [-0.39, 0.29) is 5.91 Å². The minimum Gasteiger partial charge on any atom is -0.345 e. The molecule has 1 aliphatic heterocycles. The Hall–Kier alpha value is -1.88. The van der Waals surface area contributed by atoms with Gasteiger partial charge < -0.3 is 9.80 Å². The molecule has 0 unspecified atom stereocenters. The van der Waals surface area contributed by atoms with Crippen LogP contribution in [-0.4, -0.2) is 42.0 Å². The van der Waals surface area contributed by atoms with Gasteiger partial charge in [0.1, 0.15) is 0 Å². The minimum absolute atomic E-state index is 0.149. The molecule has 0 spiro atoms. The van der Waals surface area contributed by atoms with Crippen LogP contribution in [0.15, 0.2) is 29.6 Å². The molecule has 5 heteroatoms. The van der Waals surface area contributed by atoms with Crippen LogP contribution in [0.4, 0.5) is 5.13 Å². The third-order valence-electron chi connectivity index (χ3n) is 4.26. The van der Waals surface area contributed by atoms with Crippen molar-refractivity contribution in [3.05, 3.63) is 46.5 Å². The summed E-state index contributed by atoms with van der Waals surface area (Å²) in [6, 6.07) is 8.10. The SMILES string of the molecule is Cc1csc(N2CCN(C(=O)c3cccc(CC(C)C)c3)CC2)n1. The Bertz CT molecular complexity index is 702. The highest BCUT2D eigenvalue weighted by Crippen LogP contribution is 2.22. The zero-order valence-corrected chi connectivity index (χ0v) is 15.5. The summed E-state index contributed by atoms with van der Waals surface area (Å²) >= 11 is 1.68. The molecule has 128 valence electrons. The molecule has 4 nitrogen and oxygen atoms in total. The topological polar surface area (TPSA) is 36.4 Å². The van der Waals surface area contributed by atoms with Crippen LogP contribution in [0.5, 0.6) is 0 Å². The Kier molecular flexibility index (Phi) is 5.19. The quantitative estimate of drug-likeness (QED) is 0.851. The van der Waals surface area contributed by atoms with Crippen molar-refractivity contribution >= 4 is 22.4 Å². The molecule has 0 radical (unpaired) electrons. The highest BCUT2D eigenvalue weighted by Gasteiger charge is 2.23. The number of carbonyl (C=O) groups excluding carboxylic acids is 1. The van der Waals surface area contributed by atoms with Crippen LogP contribution in [0.1, 0.15) is 35.5 Å². The van der Waals surface area contributed by atoms with E-state index in [0.717, 1.165) is 49.0 Å². The van der Waals surface area contributed by atoms with E-state index in [9.17, 15) is 4.79 Å². The predicted molar refractivity (Wildman–Crippen MR) is 100.0 cm³/mol. The first-order chi connectivity index (χ1) is 11.5. The lowest BCUT2D eigenvalue weighted by Gasteiger charge is -2.34. The predicted octanol–water partition coefficient (Wildman–Crippen LogP) is 3.61. The normalized spacial score (nSPS) is 15.2. The van der Waals surface area contributed by atoms with Gasteiger partial charge >= 0.3 is 0 Å². The molecule has 3 rings (SSSR count). The summed E-state index contributed by atoms with van der Waals surface area (Å²) in [4.78, 5) is 21.6. The highest BCUT2D eigenvalue weighted by atomic mass is 32.1. The summed E-state index contributed by atoms with van der Waals surface area (Å²) < 4.78 is 0. The molecule has 0 N–H and O–H groups in total. The van der Waals surface area contributed by atoms with Crippen molar-refractivity contribution in [2.24, 2.45) is 5.92 Å². The molecule has 0 atom stereocenters. The zero-order valence-electron chi connectivity index (χ0n) is 14.7. The van der Waals surface area contributed by atoms with E-state index >= 15 is 0 Å². The smallest absolute Gasteiger partial charge is 0.253 e. The van der Waals surface area contributed by atoms with Crippen molar-refractivity contribution < 1.29 is 4.79 Å². The summed E-state index contributed by atoms with van der Waals surface area (Å²) in [5.74, 6) is 0.747. The first kappa shape index (κ1) is 17.0. The van der Waals surface area contributed by atoms with Gasteiger partial charge in [0, 0.05) is 37.1 Å². The average molecular weight is 343 g/mol. The first-order valence-electron chi connectivity index (χ1n) is 8.58. The van der Waals surface area contributed by atoms with Crippen LogP contribution in [0.2, 0.25) is 0 Å². The zero-order chi connectivity index (χ0) is 17.1. The third kappa shape index (κ3) is 3.96. The van der Waals surface area contributed by atoms with Crippen LogP contribution in [0, 0.1) is 12.8 Å². The minimum atomic E-state index is 0.149. The molecular weight excluding hydrogens is 318 g/mol. The molecule has 2 aromatic rings. The van der Waals surface area contributed by atoms with E-state index in [1.807, 2.05) is 24.0 Å². The third-order valence-corrected chi connectivity index (χ3v) is 5.28. The molecule has 0 saturated carbocycles. The molecule has 1 amide bonds. The number of hydrogen-bond donors (Lipinski definition) is 0. The second-order valence-electron chi connectivity index (χ2n) is 6.85. The summed E-state index contributed by atoms with van der Waals surface area (Å²) in [6.07, 6.45) is 1.01. The lowest BCUT2D eigenvalue weighted by atomic mass is 10.0. The standard InChI is InChI=1S/C19H25N3OS/c1-14(2)11-16-5-4-6-17(12-16)18(23)21-7-9-22(10-8-21)19-20-15(3)13-24-19/h4-6,12-14H,7-11H2,1-3H3. The van der Waals surface area contributed by atoms with Gasteiger partial charge in [-0.3, -0.25) is 4.79 Å². The molecule has 24 heavy (non-hydrogen) atoms. The average Bonchev–Trinajstić information content (AvgIpc) is 3.00. The van der Waals surface area contributed by atoms with Crippen LogP contribution in [0.25, 0.3) is 0 Å². The van der Waals surface area contributed by atoms with E-state index in [1.165, 1.54) is 5.56 Å². The Labute approximate surface area is 148 Å². The first-order valence-corrected chi connectivity index (χ1v) is 9.46. The molecule has 0 bridgehead atoms. The summed E-state index contributed by atoms with van der Waals surface area (Å²) in [7, 11) is 0. The van der Waals surface area contributed by atoms with E-state index in [4.69, 9.17) is 0 Å². The van der Waals surface area contributed by atoms with Gasteiger partial charge in [-0.25, -0.2) is 4.98 Å². The van der Waals surface area contributed by atoms with Gasteiger partial charge in [0.25, 0.3) is 5.91 Å². The van der Waals surface area contributed by atoms with Crippen LogP contribution in [-0.2, 0) is 6.42 Å². The van der Waals surface area contributed by atoms with Crippen molar-refractivity contribution in [1.82, 2.24) is 9.88 Å². The second-order valence-corrected chi connectivity index (χ2v) is 7.69. The van der Waals surface area contributed by atoms with Crippen molar-refractivity contribution in [1.29, 1.82) is 0 Å². The number of aromatic nitrogens is 1. The van der Waals surface area contributed by atoms with Crippen LogP contribution >= 0.6 is 11.3 Å². The summed E-state index contributed by atoms with van der Waals surface area (Å²) in [5, 5.41) is 3.14. The van der Waals surface area contributed by atoms with E-state index in [1.54, 1.807) is 11.3 Å². The summed E-state index contributed by atoms with van der Waals surface area (Å²) in [5.41, 5.74) is 3.12. The molecule has 1 saturated heterocycles. The number of thiazole rings is 1. The number of piperazine rings is 1. The maximum absolute atomic E-state index is 12.8. The Balaban J connectivity index is 1.62. The van der Waals surface area contributed by atoms with Crippen LogP contribution < -0.4 is 4.90 Å². The van der Waals surface area contributed by atoms with E-state index < -0.39 is 0 Å². The molecule has 1 aromatic carbocycles. The van der Waals surface area contributed by atoms with Gasteiger partial charge in [-0.15, -0.1) is 11.3 Å². The number of benzene rings is 1. The van der Waals surface area contributed by atoms with Gasteiger partial charge in [0.15, 0.2) is 5.13 Å². The largest absolute Gasteiger partial charge is 0.345 e. The maximum atomic E-state index is 12.8. The number of carbonyl (C=O) groups is 1. The van der Waals surface area contributed by atoms with E-state index in [2.05, 4.69) is 41.2 Å².